The van der Waals surface area contributed by atoms with Crippen LogP contribution in [0.5, 0.6) is 0 Å². The zero-order chi connectivity index (χ0) is 16.3. The Morgan fingerprint density at radius 3 is 2.68 bits per heavy atom. The zero-order valence-corrected chi connectivity index (χ0v) is 12.2. The highest BCUT2D eigenvalue weighted by atomic mass is 19.4. The standard InChI is InChI=1S/C15H16F3N3O/c1-20(7-8-21-6-2-3-14(21)22)12-5-4-11(10-19)13(9-12)15(16,17)18/h4-5,9H,2-3,6-8H2,1H3. The summed E-state index contributed by atoms with van der Waals surface area (Å²) in [6, 6.07) is 5.20. The van der Waals surface area contributed by atoms with Crippen molar-refractivity contribution in [3.8, 4) is 6.07 Å². The van der Waals surface area contributed by atoms with Gasteiger partial charge in [-0.05, 0) is 24.6 Å². The number of benzene rings is 1. The van der Waals surface area contributed by atoms with Crippen LogP contribution >= 0.6 is 0 Å². The average molecular weight is 311 g/mol. The van der Waals surface area contributed by atoms with E-state index in [1.54, 1.807) is 22.9 Å². The first-order chi connectivity index (χ1) is 10.3. The van der Waals surface area contributed by atoms with E-state index in [1.807, 2.05) is 0 Å². The molecule has 0 aliphatic carbocycles. The third-order valence-electron chi connectivity index (χ3n) is 3.75. The minimum atomic E-state index is -4.56. The predicted octanol–water partition coefficient (Wildman–Crippen LogP) is 2.64. The summed E-state index contributed by atoms with van der Waals surface area (Å²) in [5.74, 6) is 0.0872. The molecule has 2 rings (SSSR count). The van der Waals surface area contributed by atoms with E-state index in [2.05, 4.69) is 0 Å². The number of carbonyl (C=O) groups excluding carboxylic acids is 1. The van der Waals surface area contributed by atoms with Crippen molar-refractivity contribution in [3.63, 3.8) is 0 Å². The predicted molar refractivity (Wildman–Crippen MR) is 75.2 cm³/mol. The Balaban J connectivity index is 2.11. The van der Waals surface area contributed by atoms with Crippen LogP contribution in [0.3, 0.4) is 0 Å². The molecular weight excluding hydrogens is 295 g/mol. The molecule has 0 atom stereocenters. The first-order valence-corrected chi connectivity index (χ1v) is 6.93. The lowest BCUT2D eigenvalue weighted by atomic mass is 10.1. The van der Waals surface area contributed by atoms with Gasteiger partial charge in [0.05, 0.1) is 17.2 Å². The van der Waals surface area contributed by atoms with Crippen LogP contribution in [0.2, 0.25) is 0 Å². The molecule has 0 unspecified atom stereocenters. The van der Waals surface area contributed by atoms with Crippen LogP contribution in [0, 0.1) is 11.3 Å². The van der Waals surface area contributed by atoms with E-state index in [0.29, 0.717) is 31.7 Å². The minimum Gasteiger partial charge on any atom is -0.373 e. The second kappa shape index (κ2) is 6.26. The molecule has 0 saturated carbocycles. The fourth-order valence-electron chi connectivity index (χ4n) is 2.44. The minimum absolute atomic E-state index is 0.0872. The number of likely N-dealkylation sites (tertiary alicyclic amines) is 1. The molecule has 22 heavy (non-hydrogen) atoms. The molecule has 4 nitrogen and oxygen atoms in total. The summed E-state index contributed by atoms with van der Waals surface area (Å²) in [6.07, 6.45) is -3.19. The summed E-state index contributed by atoms with van der Waals surface area (Å²) in [6.45, 7) is 1.62. The number of hydrogen-bond acceptors (Lipinski definition) is 3. The Morgan fingerprint density at radius 2 is 2.14 bits per heavy atom. The van der Waals surface area contributed by atoms with Gasteiger partial charge in [0, 0.05) is 38.8 Å². The second-order valence-electron chi connectivity index (χ2n) is 5.25. The van der Waals surface area contributed by atoms with Crippen molar-refractivity contribution in [3.05, 3.63) is 29.3 Å². The van der Waals surface area contributed by atoms with E-state index in [9.17, 15) is 18.0 Å². The van der Waals surface area contributed by atoms with Crippen LogP contribution in [-0.2, 0) is 11.0 Å². The molecule has 0 N–H and O–H groups in total. The normalized spacial score (nSPS) is 15.0. The number of alkyl halides is 3. The molecule has 118 valence electrons. The maximum absolute atomic E-state index is 12.9. The lowest BCUT2D eigenvalue weighted by molar-refractivity contribution is -0.137. The van der Waals surface area contributed by atoms with E-state index < -0.39 is 11.7 Å². The van der Waals surface area contributed by atoms with Gasteiger partial charge in [-0.3, -0.25) is 4.79 Å². The van der Waals surface area contributed by atoms with E-state index in [0.717, 1.165) is 12.5 Å². The summed E-state index contributed by atoms with van der Waals surface area (Å²) in [5, 5.41) is 8.78. The Kier molecular flexibility index (Phi) is 4.59. The molecular formula is C15H16F3N3O. The highest BCUT2D eigenvalue weighted by molar-refractivity contribution is 5.78. The first-order valence-electron chi connectivity index (χ1n) is 6.93. The summed E-state index contributed by atoms with van der Waals surface area (Å²) >= 11 is 0. The largest absolute Gasteiger partial charge is 0.417 e. The number of rotatable bonds is 4. The molecule has 7 heteroatoms. The van der Waals surface area contributed by atoms with Gasteiger partial charge in [-0.2, -0.15) is 18.4 Å². The van der Waals surface area contributed by atoms with Crippen LogP contribution in [0.4, 0.5) is 18.9 Å². The molecule has 0 bridgehead atoms. The summed E-state index contributed by atoms with van der Waals surface area (Å²) < 4.78 is 38.8. The van der Waals surface area contributed by atoms with Gasteiger partial charge in [0.2, 0.25) is 5.91 Å². The molecule has 1 fully saturated rings. The molecule has 1 aromatic carbocycles. The Bertz CT molecular complexity index is 607. The SMILES string of the molecule is CN(CCN1CCCC1=O)c1ccc(C#N)c(C(F)(F)F)c1. The van der Waals surface area contributed by atoms with Gasteiger partial charge in [0.25, 0.3) is 0 Å². The molecule has 1 aromatic rings. The van der Waals surface area contributed by atoms with Crippen molar-refractivity contribution >= 4 is 11.6 Å². The van der Waals surface area contributed by atoms with Gasteiger partial charge in [0.1, 0.15) is 0 Å². The molecule has 0 aromatic heterocycles. The van der Waals surface area contributed by atoms with E-state index in [4.69, 9.17) is 5.26 Å². The van der Waals surface area contributed by atoms with Gasteiger partial charge < -0.3 is 9.80 Å². The van der Waals surface area contributed by atoms with Crippen molar-refractivity contribution < 1.29 is 18.0 Å². The quantitative estimate of drug-likeness (QED) is 0.859. The summed E-state index contributed by atoms with van der Waals surface area (Å²) in [4.78, 5) is 14.9. The molecule has 0 radical (unpaired) electrons. The number of amides is 1. The maximum Gasteiger partial charge on any atom is 0.417 e. The molecule has 1 saturated heterocycles. The number of hydrogen-bond donors (Lipinski definition) is 0. The molecule has 1 heterocycles. The monoisotopic (exact) mass is 311 g/mol. The Labute approximate surface area is 126 Å². The second-order valence-corrected chi connectivity index (χ2v) is 5.25. The molecule has 1 aliphatic heterocycles. The van der Waals surface area contributed by atoms with E-state index in [-0.39, 0.29) is 11.5 Å². The summed E-state index contributed by atoms with van der Waals surface area (Å²) in [7, 11) is 1.67. The number of anilines is 1. The van der Waals surface area contributed by atoms with Crippen LogP contribution in [0.25, 0.3) is 0 Å². The molecule has 1 aliphatic rings. The van der Waals surface area contributed by atoms with Crippen LogP contribution in [-0.4, -0.2) is 37.5 Å². The van der Waals surface area contributed by atoms with Crippen LogP contribution in [0.15, 0.2) is 18.2 Å². The number of carbonyl (C=O) groups is 1. The fraction of sp³-hybridized carbons (Fsp3) is 0.467. The average Bonchev–Trinajstić information content (AvgIpc) is 2.88. The van der Waals surface area contributed by atoms with Gasteiger partial charge in [-0.1, -0.05) is 0 Å². The Morgan fingerprint density at radius 1 is 1.41 bits per heavy atom. The summed E-state index contributed by atoms with van der Waals surface area (Å²) in [5.41, 5.74) is -0.950. The van der Waals surface area contributed by atoms with E-state index >= 15 is 0 Å². The number of likely N-dealkylation sites (N-methyl/N-ethyl adjacent to an activating group) is 1. The smallest absolute Gasteiger partial charge is 0.373 e. The molecule has 1 amide bonds. The van der Waals surface area contributed by atoms with Crippen molar-refractivity contribution in [1.82, 2.24) is 4.90 Å². The maximum atomic E-state index is 12.9. The van der Waals surface area contributed by atoms with Gasteiger partial charge in [-0.15, -0.1) is 0 Å². The number of nitriles is 1. The lowest BCUT2D eigenvalue weighted by Crippen LogP contribution is -2.34. The topological polar surface area (TPSA) is 47.3 Å². The van der Waals surface area contributed by atoms with Crippen LogP contribution in [0.1, 0.15) is 24.0 Å². The van der Waals surface area contributed by atoms with Crippen molar-refractivity contribution in [2.75, 3.05) is 31.6 Å². The number of nitrogens with zero attached hydrogens (tertiary/aromatic N) is 3. The van der Waals surface area contributed by atoms with Crippen LogP contribution < -0.4 is 4.90 Å². The first kappa shape index (κ1) is 16.1. The third-order valence-corrected chi connectivity index (χ3v) is 3.75. The van der Waals surface area contributed by atoms with Crippen molar-refractivity contribution in [1.29, 1.82) is 5.26 Å². The third kappa shape index (κ3) is 3.50. The van der Waals surface area contributed by atoms with E-state index in [1.165, 1.54) is 12.1 Å². The highest BCUT2D eigenvalue weighted by Gasteiger charge is 2.34. The van der Waals surface area contributed by atoms with Gasteiger partial charge in [-0.25, -0.2) is 0 Å². The number of halogens is 3. The fourth-order valence-corrected chi connectivity index (χ4v) is 2.44. The Hall–Kier alpha value is -2.23. The van der Waals surface area contributed by atoms with Crippen molar-refractivity contribution in [2.45, 2.75) is 19.0 Å². The lowest BCUT2D eigenvalue weighted by Gasteiger charge is -2.24. The molecule has 0 spiro atoms. The van der Waals surface area contributed by atoms with Gasteiger partial charge in [0.15, 0.2) is 0 Å². The van der Waals surface area contributed by atoms with Gasteiger partial charge >= 0.3 is 6.18 Å². The highest BCUT2D eigenvalue weighted by Crippen LogP contribution is 2.34. The van der Waals surface area contributed by atoms with Crippen molar-refractivity contribution in [2.24, 2.45) is 0 Å². The zero-order valence-electron chi connectivity index (χ0n) is 12.2.